The molecule has 2 rings (SSSR count). The van der Waals surface area contributed by atoms with Crippen molar-refractivity contribution in [3.8, 4) is 0 Å². The SMILES string of the molecule is Cc1cc(NC(C)Cc2ccc(C)s2)nc(C(C)C)n1. The van der Waals surface area contributed by atoms with E-state index >= 15 is 0 Å². The maximum atomic E-state index is 4.60. The van der Waals surface area contributed by atoms with E-state index in [2.05, 4.69) is 55.1 Å². The van der Waals surface area contributed by atoms with E-state index in [4.69, 9.17) is 0 Å². The molecule has 0 fully saturated rings. The molecule has 0 aliphatic rings. The first-order chi connectivity index (χ1) is 9.44. The molecule has 1 N–H and O–H groups in total. The fourth-order valence-electron chi connectivity index (χ4n) is 2.12. The molecule has 0 saturated heterocycles. The Morgan fingerprint density at radius 3 is 2.50 bits per heavy atom. The van der Waals surface area contributed by atoms with Crippen LogP contribution in [-0.2, 0) is 6.42 Å². The zero-order chi connectivity index (χ0) is 14.7. The Morgan fingerprint density at radius 2 is 1.90 bits per heavy atom. The first kappa shape index (κ1) is 15.0. The van der Waals surface area contributed by atoms with Gasteiger partial charge in [0.1, 0.15) is 11.6 Å². The molecule has 0 bridgehead atoms. The van der Waals surface area contributed by atoms with E-state index in [1.54, 1.807) is 0 Å². The molecule has 2 heterocycles. The highest BCUT2D eigenvalue weighted by Crippen LogP contribution is 2.19. The third-order valence-corrected chi connectivity index (χ3v) is 4.11. The van der Waals surface area contributed by atoms with Gasteiger partial charge in [-0.1, -0.05) is 13.8 Å². The predicted octanol–water partition coefficient (Wildman–Crippen LogP) is 4.32. The van der Waals surface area contributed by atoms with E-state index in [9.17, 15) is 0 Å². The molecule has 1 unspecified atom stereocenters. The summed E-state index contributed by atoms with van der Waals surface area (Å²) in [5.74, 6) is 2.19. The van der Waals surface area contributed by atoms with Crippen molar-refractivity contribution in [2.24, 2.45) is 0 Å². The number of aryl methyl sites for hydroxylation is 2. The number of nitrogens with zero attached hydrogens (tertiary/aromatic N) is 2. The van der Waals surface area contributed by atoms with Gasteiger partial charge in [-0.05, 0) is 32.9 Å². The monoisotopic (exact) mass is 289 g/mol. The minimum absolute atomic E-state index is 0.353. The molecule has 4 heteroatoms. The van der Waals surface area contributed by atoms with Crippen molar-refractivity contribution in [1.29, 1.82) is 0 Å². The molecule has 0 aromatic carbocycles. The summed E-state index contributed by atoms with van der Waals surface area (Å²) in [6.07, 6.45) is 1.03. The third kappa shape index (κ3) is 4.04. The van der Waals surface area contributed by atoms with Crippen molar-refractivity contribution in [3.63, 3.8) is 0 Å². The number of nitrogens with one attached hydrogen (secondary N) is 1. The van der Waals surface area contributed by atoms with E-state index in [0.29, 0.717) is 12.0 Å². The molecule has 0 aliphatic carbocycles. The van der Waals surface area contributed by atoms with E-state index in [1.807, 2.05) is 24.3 Å². The number of hydrogen-bond acceptors (Lipinski definition) is 4. The molecule has 1 atom stereocenters. The lowest BCUT2D eigenvalue weighted by Crippen LogP contribution is -2.19. The second-order valence-electron chi connectivity index (χ2n) is 5.67. The number of thiophene rings is 1. The average molecular weight is 289 g/mol. The van der Waals surface area contributed by atoms with Crippen molar-refractivity contribution in [1.82, 2.24) is 9.97 Å². The molecule has 2 aromatic rings. The fourth-order valence-corrected chi connectivity index (χ4v) is 3.14. The zero-order valence-electron chi connectivity index (χ0n) is 12.9. The van der Waals surface area contributed by atoms with Gasteiger partial charge in [-0.15, -0.1) is 11.3 Å². The van der Waals surface area contributed by atoms with Crippen molar-refractivity contribution in [2.45, 2.75) is 53.0 Å². The lowest BCUT2D eigenvalue weighted by atomic mass is 10.2. The van der Waals surface area contributed by atoms with Crippen LogP contribution in [0.3, 0.4) is 0 Å². The number of rotatable bonds is 5. The number of anilines is 1. The smallest absolute Gasteiger partial charge is 0.133 e. The predicted molar refractivity (Wildman–Crippen MR) is 86.7 cm³/mol. The maximum Gasteiger partial charge on any atom is 0.133 e. The number of hydrogen-bond donors (Lipinski definition) is 1. The van der Waals surface area contributed by atoms with Gasteiger partial charge in [0, 0.05) is 39.9 Å². The molecule has 2 aromatic heterocycles. The Hall–Kier alpha value is -1.42. The lowest BCUT2D eigenvalue weighted by Gasteiger charge is -2.15. The molecule has 0 aliphatic heterocycles. The van der Waals surface area contributed by atoms with E-state index in [1.165, 1.54) is 9.75 Å². The van der Waals surface area contributed by atoms with Crippen LogP contribution in [0.5, 0.6) is 0 Å². The minimum Gasteiger partial charge on any atom is -0.367 e. The summed E-state index contributed by atoms with van der Waals surface area (Å²) in [7, 11) is 0. The standard InChI is InChI=1S/C16H23N3S/c1-10(2)16-18-12(4)9-15(19-16)17-11(3)8-14-7-6-13(5)20-14/h6-7,9-11H,8H2,1-5H3,(H,17,18,19). The quantitative estimate of drug-likeness (QED) is 0.890. The van der Waals surface area contributed by atoms with Gasteiger partial charge in [-0.3, -0.25) is 0 Å². The highest BCUT2D eigenvalue weighted by atomic mass is 32.1. The Balaban J connectivity index is 2.05. The second-order valence-corrected chi connectivity index (χ2v) is 7.04. The lowest BCUT2D eigenvalue weighted by molar-refractivity contribution is 0.751. The summed E-state index contributed by atoms with van der Waals surface area (Å²) in [4.78, 5) is 11.9. The van der Waals surface area contributed by atoms with Crippen LogP contribution in [-0.4, -0.2) is 16.0 Å². The Labute approximate surface area is 125 Å². The molecule has 0 spiro atoms. The molecule has 20 heavy (non-hydrogen) atoms. The van der Waals surface area contributed by atoms with Crippen LogP contribution in [0.4, 0.5) is 5.82 Å². The van der Waals surface area contributed by atoms with Crippen LogP contribution in [0.25, 0.3) is 0 Å². The fraction of sp³-hybridized carbons (Fsp3) is 0.500. The molecule has 0 saturated carbocycles. The summed E-state index contributed by atoms with van der Waals surface area (Å²) in [6.45, 7) is 10.6. The van der Waals surface area contributed by atoms with Crippen molar-refractivity contribution in [3.05, 3.63) is 39.5 Å². The Bertz CT molecular complexity index is 575. The summed E-state index contributed by atoms with van der Waals surface area (Å²) < 4.78 is 0. The van der Waals surface area contributed by atoms with Crippen molar-refractivity contribution < 1.29 is 0 Å². The van der Waals surface area contributed by atoms with E-state index in [0.717, 1.165) is 23.8 Å². The third-order valence-electron chi connectivity index (χ3n) is 3.09. The molecule has 0 amide bonds. The Morgan fingerprint density at radius 1 is 1.15 bits per heavy atom. The largest absolute Gasteiger partial charge is 0.367 e. The van der Waals surface area contributed by atoms with Gasteiger partial charge in [0.05, 0.1) is 0 Å². The van der Waals surface area contributed by atoms with Gasteiger partial charge < -0.3 is 5.32 Å². The van der Waals surface area contributed by atoms with Crippen LogP contribution in [0.2, 0.25) is 0 Å². The summed E-state index contributed by atoms with van der Waals surface area (Å²) in [6, 6.07) is 6.77. The second kappa shape index (κ2) is 6.35. The zero-order valence-corrected chi connectivity index (χ0v) is 13.7. The van der Waals surface area contributed by atoms with E-state index in [-0.39, 0.29) is 0 Å². The minimum atomic E-state index is 0.353. The van der Waals surface area contributed by atoms with Crippen LogP contribution >= 0.6 is 11.3 Å². The highest BCUT2D eigenvalue weighted by molar-refractivity contribution is 7.11. The van der Waals surface area contributed by atoms with Crippen LogP contribution in [0.1, 0.15) is 48.0 Å². The van der Waals surface area contributed by atoms with Crippen LogP contribution in [0, 0.1) is 13.8 Å². The molecular formula is C16H23N3S. The average Bonchev–Trinajstić information content (AvgIpc) is 2.73. The van der Waals surface area contributed by atoms with Crippen molar-refractivity contribution in [2.75, 3.05) is 5.32 Å². The van der Waals surface area contributed by atoms with Crippen molar-refractivity contribution >= 4 is 17.2 Å². The summed E-state index contributed by atoms with van der Waals surface area (Å²) in [5.41, 5.74) is 1.02. The topological polar surface area (TPSA) is 37.8 Å². The molecule has 3 nitrogen and oxygen atoms in total. The van der Waals surface area contributed by atoms with Gasteiger partial charge in [0.2, 0.25) is 0 Å². The van der Waals surface area contributed by atoms with Gasteiger partial charge in [-0.25, -0.2) is 9.97 Å². The maximum absolute atomic E-state index is 4.60. The highest BCUT2D eigenvalue weighted by Gasteiger charge is 2.09. The van der Waals surface area contributed by atoms with Crippen LogP contribution < -0.4 is 5.32 Å². The first-order valence-corrected chi connectivity index (χ1v) is 7.93. The summed E-state index contributed by atoms with van der Waals surface area (Å²) >= 11 is 1.87. The molecular weight excluding hydrogens is 266 g/mol. The Kier molecular flexibility index (Phi) is 4.76. The first-order valence-electron chi connectivity index (χ1n) is 7.11. The van der Waals surface area contributed by atoms with Gasteiger partial charge in [0.15, 0.2) is 0 Å². The number of aromatic nitrogens is 2. The van der Waals surface area contributed by atoms with Gasteiger partial charge >= 0.3 is 0 Å². The summed E-state index contributed by atoms with van der Waals surface area (Å²) in [5, 5.41) is 3.49. The molecule has 0 radical (unpaired) electrons. The normalized spacial score (nSPS) is 12.7. The van der Waals surface area contributed by atoms with Gasteiger partial charge in [-0.2, -0.15) is 0 Å². The van der Waals surface area contributed by atoms with E-state index < -0.39 is 0 Å². The van der Waals surface area contributed by atoms with Crippen LogP contribution in [0.15, 0.2) is 18.2 Å². The van der Waals surface area contributed by atoms with Gasteiger partial charge in [0.25, 0.3) is 0 Å². The molecule has 108 valence electrons.